The fraction of sp³-hybridized carbons (Fsp3) is 0.500. The minimum atomic E-state index is -0.00280. The lowest BCUT2D eigenvalue weighted by atomic mass is 10.2. The highest BCUT2D eigenvalue weighted by molar-refractivity contribution is 5.77. The third kappa shape index (κ3) is 7.62. The highest BCUT2D eigenvalue weighted by Crippen LogP contribution is 2.11. The molecule has 6 nitrogen and oxygen atoms in total. The fourth-order valence-corrected chi connectivity index (χ4v) is 1.77. The molecule has 1 rings (SSSR count). The molecule has 120 valence electrons. The summed E-state index contributed by atoms with van der Waals surface area (Å²) in [5.41, 5.74) is 0.606. The summed E-state index contributed by atoms with van der Waals surface area (Å²) in [4.78, 5) is 13.6. The molecule has 0 aliphatic rings. The van der Waals surface area contributed by atoms with E-state index in [2.05, 4.69) is 11.4 Å². The van der Waals surface area contributed by atoms with Crippen LogP contribution in [0.4, 0.5) is 0 Å². The number of nitriles is 1. The molecular weight excluding hydrogens is 282 g/mol. The molecule has 0 saturated heterocycles. The highest BCUT2D eigenvalue weighted by atomic mass is 16.5. The van der Waals surface area contributed by atoms with Gasteiger partial charge in [-0.25, -0.2) is 0 Å². The number of hydrogen-bond acceptors (Lipinski definition) is 5. The molecule has 0 aromatic heterocycles. The number of carbonyl (C=O) groups excluding carboxylic acids is 1. The van der Waals surface area contributed by atoms with Gasteiger partial charge in [0, 0.05) is 26.8 Å². The van der Waals surface area contributed by atoms with Crippen molar-refractivity contribution in [3.8, 4) is 11.8 Å². The molecule has 0 spiro atoms. The van der Waals surface area contributed by atoms with E-state index < -0.39 is 0 Å². The van der Waals surface area contributed by atoms with E-state index in [1.165, 1.54) is 0 Å². The average molecular weight is 305 g/mol. The lowest BCUT2D eigenvalue weighted by molar-refractivity contribution is -0.122. The van der Waals surface area contributed by atoms with Crippen molar-refractivity contribution < 1.29 is 14.3 Å². The van der Waals surface area contributed by atoms with Crippen LogP contribution >= 0.6 is 0 Å². The van der Waals surface area contributed by atoms with Gasteiger partial charge in [0.2, 0.25) is 5.91 Å². The molecule has 0 heterocycles. The Morgan fingerprint density at radius 1 is 1.32 bits per heavy atom. The Balaban J connectivity index is 2.15. The van der Waals surface area contributed by atoms with Crippen LogP contribution in [0.25, 0.3) is 0 Å². The maximum absolute atomic E-state index is 11.7. The molecule has 22 heavy (non-hydrogen) atoms. The molecule has 0 aliphatic carbocycles. The molecule has 1 aromatic rings. The van der Waals surface area contributed by atoms with E-state index in [9.17, 15) is 4.79 Å². The van der Waals surface area contributed by atoms with E-state index in [0.717, 1.165) is 12.2 Å². The van der Waals surface area contributed by atoms with Crippen LogP contribution in [0.5, 0.6) is 5.75 Å². The van der Waals surface area contributed by atoms with E-state index >= 15 is 0 Å². The van der Waals surface area contributed by atoms with Gasteiger partial charge < -0.3 is 14.8 Å². The molecule has 0 bridgehead atoms. The Morgan fingerprint density at radius 2 is 2.05 bits per heavy atom. The second-order valence-electron chi connectivity index (χ2n) is 4.92. The number of nitrogens with one attached hydrogen (secondary N) is 1. The van der Waals surface area contributed by atoms with Crippen molar-refractivity contribution in [2.45, 2.75) is 6.42 Å². The number of carbonyl (C=O) groups is 1. The number of ether oxygens (including phenoxy) is 2. The van der Waals surface area contributed by atoms with Crippen molar-refractivity contribution in [2.75, 3.05) is 47.0 Å². The summed E-state index contributed by atoms with van der Waals surface area (Å²) in [7, 11) is 3.51. The summed E-state index contributed by atoms with van der Waals surface area (Å²) in [6.45, 7) is 2.74. The van der Waals surface area contributed by atoms with Crippen LogP contribution in [-0.2, 0) is 9.53 Å². The summed E-state index contributed by atoms with van der Waals surface area (Å²) >= 11 is 0. The quantitative estimate of drug-likeness (QED) is 0.653. The maximum atomic E-state index is 11.7. The predicted molar refractivity (Wildman–Crippen MR) is 83.7 cm³/mol. The molecule has 0 radical (unpaired) electrons. The maximum Gasteiger partial charge on any atom is 0.234 e. The number of likely N-dealkylation sites (N-methyl/N-ethyl adjacent to an activating group) is 1. The predicted octanol–water partition coefficient (Wildman–Crippen LogP) is 1.02. The van der Waals surface area contributed by atoms with E-state index in [0.29, 0.717) is 38.4 Å². The van der Waals surface area contributed by atoms with Crippen LogP contribution in [0.15, 0.2) is 24.3 Å². The Hall–Kier alpha value is -2.10. The summed E-state index contributed by atoms with van der Waals surface area (Å²) in [6, 6.07) is 9.02. The zero-order chi connectivity index (χ0) is 16.2. The summed E-state index contributed by atoms with van der Waals surface area (Å²) in [5, 5.41) is 11.5. The molecule has 0 aliphatic heterocycles. The van der Waals surface area contributed by atoms with Gasteiger partial charge in [0.15, 0.2) is 0 Å². The number of hydrogen-bond donors (Lipinski definition) is 1. The molecule has 6 heteroatoms. The van der Waals surface area contributed by atoms with Gasteiger partial charge in [0.25, 0.3) is 0 Å². The van der Waals surface area contributed by atoms with Crippen LogP contribution < -0.4 is 10.1 Å². The first kappa shape index (κ1) is 18.0. The van der Waals surface area contributed by atoms with Crippen molar-refractivity contribution in [1.82, 2.24) is 10.2 Å². The molecule has 0 fully saturated rings. The van der Waals surface area contributed by atoms with E-state index in [1.807, 2.05) is 11.9 Å². The topological polar surface area (TPSA) is 74.6 Å². The van der Waals surface area contributed by atoms with Crippen molar-refractivity contribution in [3.05, 3.63) is 29.8 Å². The lowest BCUT2D eigenvalue weighted by Gasteiger charge is -2.16. The standard InChI is InChI=1S/C16H23N3O3/c1-19(13-16(20)18-8-3-10-21-2)9-11-22-15-6-4-14(12-17)5-7-15/h4-7H,3,8-11,13H2,1-2H3,(H,18,20). The third-order valence-electron chi connectivity index (χ3n) is 2.99. The Morgan fingerprint density at radius 3 is 2.68 bits per heavy atom. The van der Waals surface area contributed by atoms with Gasteiger partial charge >= 0.3 is 0 Å². The normalized spacial score (nSPS) is 10.3. The first-order valence-electron chi connectivity index (χ1n) is 7.23. The van der Waals surface area contributed by atoms with Crippen molar-refractivity contribution >= 4 is 5.91 Å². The first-order valence-corrected chi connectivity index (χ1v) is 7.23. The number of amides is 1. The van der Waals surface area contributed by atoms with Gasteiger partial charge in [-0.3, -0.25) is 9.69 Å². The van der Waals surface area contributed by atoms with Gasteiger partial charge in [0.05, 0.1) is 18.2 Å². The molecule has 1 aromatic carbocycles. The largest absolute Gasteiger partial charge is 0.492 e. The van der Waals surface area contributed by atoms with Crippen LogP contribution in [0, 0.1) is 11.3 Å². The van der Waals surface area contributed by atoms with Crippen molar-refractivity contribution in [1.29, 1.82) is 5.26 Å². The van der Waals surface area contributed by atoms with Gasteiger partial charge in [-0.15, -0.1) is 0 Å². The number of nitrogens with zero attached hydrogens (tertiary/aromatic N) is 2. The SMILES string of the molecule is COCCCNC(=O)CN(C)CCOc1ccc(C#N)cc1. The Kier molecular flexibility index (Phi) is 8.65. The van der Waals surface area contributed by atoms with Crippen molar-refractivity contribution in [2.24, 2.45) is 0 Å². The lowest BCUT2D eigenvalue weighted by Crippen LogP contribution is -2.37. The number of benzene rings is 1. The van der Waals surface area contributed by atoms with Gasteiger partial charge in [-0.1, -0.05) is 0 Å². The number of methoxy groups -OCH3 is 1. The minimum absolute atomic E-state index is 0.00280. The van der Waals surface area contributed by atoms with E-state index in [4.69, 9.17) is 14.7 Å². The average Bonchev–Trinajstić information content (AvgIpc) is 2.52. The van der Waals surface area contributed by atoms with E-state index in [1.54, 1.807) is 31.4 Å². The second-order valence-corrected chi connectivity index (χ2v) is 4.92. The zero-order valence-electron chi connectivity index (χ0n) is 13.2. The smallest absolute Gasteiger partial charge is 0.234 e. The first-order chi connectivity index (χ1) is 10.7. The molecule has 0 atom stereocenters. The monoisotopic (exact) mass is 305 g/mol. The second kappa shape index (κ2) is 10.6. The van der Waals surface area contributed by atoms with Gasteiger partial charge in [-0.05, 0) is 37.7 Å². The summed E-state index contributed by atoms with van der Waals surface area (Å²) in [5.74, 6) is 0.716. The third-order valence-corrected chi connectivity index (χ3v) is 2.99. The Labute approximate surface area is 131 Å². The van der Waals surface area contributed by atoms with Gasteiger partial charge in [0.1, 0.15) is 12.4 Å². The van der Waals surface area contributed by atoms with Crippen LogP contribution in [0.1, 0.15) is 12.0 Å². The zero-order valence-corrected chi connectivity index (χ0v) is 13.2. The molecule has 0 unspecified atom stereocenters. The Bertz CT molecular complexity index is 482. The van der Waals surface area contributed by atoms with Gasteiger partial charge in [-0.2, -0.15) is 5.26 Å². The highest BCUT2D eigenvalue weighted by Gasteiger charge is 2.06. The summed E-state index contributed by atoms with van der Waals surface area (Å²) < 4.78 is 10.5. The van der Waals surface area contributed by atoms with Crippen LogP contribution in [0.2, 0.25) is 0 Å². The molecule has 1 amide bonds. The summed E-state index contributed by atoms with van der Waals surface area (Å²) in [6.07, 6.45) is 0.813. The van der Waals surface area contributed by atoms with Crippen molar-refractivity contribution in [3.63, 3.8) is 0 Å². The molecular formula is C16H23N3O3. The van der Waals surface area contributed by atoms with Crippen LogP contribution in [0.3, 0.4) is 0 Å². The van der Waals surface area contributed by atoms with Crippen LogP contribution in [-0.4, -0.2) is 57.8 Å². The fourth-order valence-electron chi connectivity index (χ4n) is 1.77. The minimum Gasteiger partial charge on any atom is -0.492 e. The molecule has 0 saturated carbocycles. The number of rotatable bonds is 10. The molecule has 1 N–H and O–H groups in total. The van der Waals surface area contributed by atoms with E-state index in [-0.39, 0.29) is 5.91 Å².